The van der Waals surface area contributed by atoms with Gasteiger partial charge in [0, 0.05) is 28.8 Å². The van der Waals surface area contributed by atoms with Crippen molar-refractivity contribution in [1.82, 2.24) is 15.0 Å². The number of nitrogens with zero attached hydrogens (tertiary/aromatic N) is 5. The second-order valence-corrected chi connectivity index (χ2v) is 8.31. The molecule has 166 valence electrons. The van der Waals surface area contributed by atoms with Crippen LogP contribution in [0.5, 0.6) is 5.75 Å². The first-order valence-electron chi connectivity index (χ1n) is 10.2. The molecule has 0 atom stereocenters. The molecule has 32 heavy (non-hydrogen) atoms. The van der Waals surface area contributed by atoms with Gasteiger partial charge in [-0.3, -0.25) is 0 Å². The lowest BCUT2D eigenvalue weighted by molar-refractivity contribution is 0.122. The minimum Gasteiger partial charge on any atom is -0.507 e. The van der Waals surface area contributed by atoms with Crippen LogP contribution in [0.2, 0.25) is 0 Å². The number of phenolic OH excluding ortho intramolecular Hbond substituents is 1. The number of aromatic nitrogens is 3. The van der Waals surface area contributed by atoms with Gasteiger partial charge in [-0.15, -0.1) is 0 Å². The quantitative estimate of drug-likeness (QED) is 0.346. The molecule has 0 amide bonds. The number of benzene rings is 2. The van der Waals surface area contributed by atoms with Crippen LogP contribution in [0.4, 0.5) is 23.5 Å². The average molecular weight is 498 g/mol. The van der Waals surface area contributed by atoms with E-state index in [0.717, 1.165) is 21.3 Å². The fourth-order valence-corrected chi connectivity index (χ4v) is 3.53. The largest absolute Gasteiger partial charge is 0.507 e. The van der Waals surface area contributed by atoms with E-state index in [0.29, 0.717) is 49.7 Å². The highest BCUT2D eigenvalue weighted by Gasteiger charge is 2.17. The summed E-state index contributed by atoms with van der Waals surface area (Å²) in [5, 5.41) is 17.5. The zero-order valence-corrected chi connectivity index (χ0v) is 19.4. The Hall–Kier alpha value is -3.24. The van der Waals surface area contributed by atoms with E-state index < -0.39 is 0 Å². The molecular formula is C22H24BrN7O2. The number of phenols is 1. The smallest absolute Gasteiger partial charge is 0.250 e. The van der Waals surface area contributed by atoms with Crippen molar-refractivity contribution in [2.75, 3.05) is 41.9 Å². The van der Waals surface area contributed by atoms with Crippen molar-refractivity contribution in [3.63, 3.8) is 0 Å². The summed E-state index contributed by atoms with van der Waals surface area (Å²) in [6.45, 7) is 6.70. The molecule has 0 spiro atoms. The molecule has 0 bridgehead atoms. The van der Waals surface area contributed by atoms with Crippen molar-refractivity contribution < 1.29 is 9.84 Å². The molecule has 2 aromatic carbocycles. The van der Waals surface area contributed by atoms with E-state index in [9.17, 15) is 5.11 Å². The first-order valence-corrected chi connectivity index (χ1v) is 11.0. The number of halogens is 1. The summed E-state index contributed by atoms with van der Waals surface area (Å²) in [6, 6.07) is 11.3. The zero-order valence-electron chi connectivity index (χ0n) is 17.8. The predicted molar refractivity (Wildman–Crippen MR) is 129 cm³/mol. The second kappa shape index (κ2) is 9.92. The normalized spacial score (nSPS) is 14.0. The summed E-state index contributed by atoms with van der Waals surface area (Å²) >= 11 is 3.39. The maximum absolute atomic E-state index is 9.99. The third-order valence-corrected chi connectivity index (χ3v) is 5.41. The minimum atomic E-state index is 0.126. The Morgan fingerprint density at radius 3 is 2.66 bits per heavy atom. The highest BCUT2D eigenvalue weighted by molar-refractivity contribution is 9.10. The van der Waals surface area contributed by atoms with E-state index in [2.05, 4.69) is 69.8 Å². The molecule has 9 nitrogen and oxygen atoms in total. The lowest BCUT2D eigenvalue weighted by atomic mass is 10.1. The molecule has 1 aliphatic rings. The van der Waals surface area contributed by atoms with Crippen LogP contribution in [-0.2, 0) is 4.74 Å². The number of hydrazone groups is 1. The number of anilines is 4. The van der Waals surface area contributed by atoms with Gasteiger partial charge in [-0.05, 0) is 49.2 Å². The standard InChI is InChI=1S/C22H24BrN7O2/c1-14-3-4-15(2)18(11-14)25-20-26-21(28-22(27-20)30-7-9-32-10-8-30)29-24-13-16-12-17(23)5-6-19(16)31/h3-6,11-13,31H,7-10H2,1-2H3,(H2,25,26,27,28,29)/b24-13-. The van der Waals surface area contributed by atoms with Crippen LogP contribution < -0.4 is 15.6 Å². The lowest BCUT2D eigenvalue weighted by Crippen LogP contribution is -2.37. The van der Waals surface area contributed by atoms with Crippen LogP contribution in [0.3, 0.4) is 0 Å². The molecule has 1 aromatic heterocycles. The number of rotatable bonds is 6. The minimum absolute atomic E-state index is 0.126. The van der Waals surface area contributed by atoms with Crippen LogP contribution in [0.25, 0.3) is 0 Å². The van der Waals surface area contributed by atoms with Crippen molar-refractivity contribution in [2.45, 2.75) is 13.8 Å². The van der Waals surface area contributed by atoms with E-state index in [1.54, 1.807) is 18.2 Å². The van der Waals surface area contributed by atoms with Gasteiger partial charge < -0.3 is 20.1 Å². The van der Waals surface area contributed by atoms with Crippen LogP contribution >= 0.6 is 15.9 Å². The monoisotopic (exact) mass is 497 g/mol. The molecule has 0 saturated carbocycles. The van der Waals surface area contributed by atoms with Gasteiger partial charge in [0.1, 0.15) is 5.75 Å². The molecule has 0 aliphatic carbocycles. The highest BCUT2D eigenvalue weighted by Crippen LogP contribution is 2.23. The molecule has 3 N–H and O–H groups in total. The Bertz CT molecular complexity index is 1130. The molecular weight excluding hydrogens is 474 g/mol. The fraction of sp³-hybridized carbons (Fsp3) is 0.273. The Kier molecular flexibility index (Phi) is 6.81. The van der Waals surface area contributed by atoms with Gasteiger partial charge in [-0.1, -0.05) is 28.1 Å². The van der Waals surface area contributed by atoms with E-state index in [-0.39, 0.29) is 5.75 Å². The van der Waals surface area contributed by atoms with Gasteiger partial charge in [0.15, 0.2) is 0 Å². The number of hydrogen-bond donors (Lipinski definition) is 3. The molecule has 1 aliphatic heterocycles. The van der Waals surface area contributed by atoms with Crippen molar-refractivity contribution in [1.29, 1.82) is 0 Å². The predicted octanol–water partition coefficient (Wildman–Crippen LogP) is 3.98. The van der Waals surface area contributed by atoms with E-state index in [4.69, 9.17) is 4.74 Å². The molecule has 4 rings (SSSR count). The Balaban J connectivity index is 1.61. The second-order valence-electron chi connectivity index (χ2n) is 7.40. The van der Waals surface area contributed by atoms with E-state index in [1.165, 1.54) is 6.21 Å². The van der Waals surface area contributed by atoms with E-state index >= 15 is 0 Å². The number of ether oxygens (including phenoxy) is 1. The van der Waals surface area contributed by atoms with Crippen molar-refractivity contribution >= 4 is 45.7 Å². The first kappa shape index (κ1) is 22.0. The van der Waals surface area contributed by atoms with Crippen molar-refractivity contribution in [2.24, 2.45) is 5.10 Å². The number of aryl methyl sites for hydroxylation is 2. The van der Waals surface area contributed by atoms with Gasteiger partial charge in [0.2, 0.25) is 17.8 Å². The summed E-state index contributed by atoms with van der Waals surface area (Å²) in [4.78, 5) is 15.7. The summed E-state index contributed by atoms with van der Waals surface area (Å²) in [7, 11) is 0. The third-order valence-electron chi connectivity index (χ3n) is 4.91. The lowest BCUT2D eigenvalue weighted by Gasteiger charge is -2.27. The van der Waals surface area contributed by atoms with E-state index in [1.807, 2.05) is 13.8 Å². The SMILES string of the molecule is Cc1ccc(C)c(Nc2nc(N/N=C\c3cc(Br)ccc3O)nc(N3CCOCC3)n2)c1. The van der Waals surface area contributed by atoms with Crippen molar-refractivity contribution in [3.8, 4) is 5.75 Å². The van der Waals surface area contributed by atoms with Crippen LogP contribution in [0, 0.1) is 13.8 Å². The number of morpholine rings is 1. The zero-order chi connectivity index (χ0) is 22.5. The topological polar surface area (TPSA) is 108 Å². The fourth-order valence-electron chi connectivity index (χ4n) is 3.15. The maximum atomic E-state index is 9.99. The third kappa shape index (κ3) is 5.51. The van der Waals surface area contributed by atoms with Gasteiger partial charge in [0.05, 0.1) is 19.4 Å². The molecule has 0 radical (unpaired) electrons. The van der Waals surface area contributed by atoms with Crippen LogP contribution in [0.1, 0.15) is 16.7 Å². The number of hydrogen-bond acceptors (Lipinski definition) is 9. The summed E-state index contributed by atoms with van der Waals surface area (Å²) < 4.78 is 6.29. The Labute approximate surface area is 194 Å². The summed E-state index contributed by atoms with van der Waals surface area (Å²) in [5.41, 5.74) is 6.56. The average Bonchev–Trinajstić information content (AvgIpc) is 2.79. The molecule has 10 heteroatoms. The number of nitrogens with one attached hydrogen (secondary N) is 2. The molecule has 3 aromatic rings. The summed E-state index contributed by atoms with van der Waals surface area (Å²) in [5.74, 6) is 1.37. The molecule has 1 saturated heterocycles. The van der Waals surface area contributed by atoms with Crippen LogP contribution in [0.15, 0.2) is 46.0 Å². The Morgan fingerprint density at radius 2 is 1.84 bits per heavy atom. The highest BCUT2D eigenvalue weighted by atomic mass is 79.9. The molecule has 0 unspecified atom stereocenters. The maximum Gasteiger partial charge on any atom is 0.250 e. The van der Waals surface area contributed by atoms with Gasteiger partial charge in [0.25, 0.3) is 0 Å². The van der Waals surface area contributed by atoms with Crippen molar-refractivity contribution in [3.05, 3.63) is 57.6 Å². The van der Waals surface area contributed by atoms with Crippen LogP contribution in [-0.4, -0.2) is 52.6 Å². The molecule has 2 heterocycles. The van der Waals surface area contributed by atoms with Gasteiger partial charge >= 0.3 is 0 Å². The Morgan fingerprint density at radius 1 is 1.06 bits per heavy atom. The molecule has 1 fully saturated rings. The summed E-state index contributed by atoms with van der Waals surface area (Å²) in [6.07, 6.45) is 1.51. The number of aromatic hydroxyl groups is 1. The van der Waals surface area contributed by atoms with Gasteiger partial charge in [-0.25, -0.2) is 5.43 Å². The van der Waals surface area contributed by atoms with Gasteiger partial charge in [-0.2, -0.15) is 20.1 Å². The first-order chi connectivity index (χ1) is 15.5.